The zero-order chi connectivity index (χ0) is 13.2. The third-order valence-corrected chi connectivity index (χ3v) is 4.98. The van der Waals surface area contributed by atoms with Gasteiger partial charge in [0.1, 0.15) is 5.75 Å². The van der Waals surface area contributed by atoms with Crippen LogP contribution in [-0.4, -0.2) is 23.6 Å². The van der Waals surface area contributed by atoms with E-state index in [2.05, 4.69) is 18.0 Å². The smallest absolute Gasteiger partial charge is 0.115 e. The lowest BCUT2D eigenvalue weighted by Gasteiger charge is -2.31. The second kappa shape index (κ2) is 5.54. The molecule has 2 aliphatic rings. The number of aromatic hydroxyl groups is 1. The molecule has 0 aliphatic heterocycles. The lowest BCUT2D eigenvalue weighted by atomic mass is 9.88. The molecule has 0 heterocycles. The second-order valence-electron chi connectivity index (χ2n) is 6.38. The number of aryl methyl sites for hydroxylation is 1. The molecule has 104 valence electrons. The van der Waals surface area contributed by atoms with Gasteiger partial charge in [-0.3, -0.25) is 4.90 Å². The van der Waals surface area contributed by atoms with Crippen LogP contribution in [-0.2, 0) is 6.42 Å². The van der Waals surface area contributed by atoms with Crippen molar-refractivity contribution >= 4 is 0 Å². The van der Waals surface area contributed by atoms with Crippen molar-refractivity contribution in [3.8, 4) is 5.75 Å². The van der Waals surface area contributed by atoms with E-state index >= 15 is 0 Å². The van der Waals surface area contributed by atoms with E-state index < -0.39 is 0 Å². The van der Waals surface area contributed by atoms with Crippen LogP contribution in [0.2, 0.25) is 0 Å². The minimum Gasteiger partial charge on any atom is -0.508 e. The highest BCUT2D eigenvalue weighted by Crippen LogP contribution is 2.37. The van der Waals surface area contributed by atoms with Gasteiger partial charge in [-0.25, -0.2) is 0 Å². The van der Waals surface area contributed by atoms with E-state index in [-0.39, 0.29) is 0 Å². The van der Waals surface area contributed by atoms with Crippen LogP contribution in [0.25, 0.3) is 0 Å². The highest BCUT2D eigenvalue weighted by Gasteiger charge is 2.27. The fourth-order valence-corrected chi connectivity index (χ4v) is 3.94. The Kier molecular flexibility index (Phi) is 3.79. The minimum atomic E-state index is 0.411. The van der Waals surface area contributed by atoms with Crippen LogP contribution in [0, 0.1) is 5.92 Å². The quantitative estimate of drug-likeness (QED) is 0.890. The van der Waals surface area contributed by atoms with E-state index in [9.17, 15) is 5.11 Å². The molecule has 1 saturated carbocycles. The van der Waals surface area contributed by atoms with Crippen molar-refractivity contribution in [2.45, 2.75) is 51.0 Å². The van der Waals surface area contributed by atoms with Gasteiger partial charge < -0.3 is 5.11 Å². The van der Waals surface area contributed by atoms with Gasteiger partial charge in [-0.1, -0.05) is 25.3 Å². The molecule has 0 saturated heterocycles. The van der Waals surface area contributed by atoms with Gasteiger partial charge in [0.05, 0.1) is 0 Å². The third-order valence-electron chi connectivity index (χ3n) is 4.98. The van der Waals surface area contributed by atoms with Gasteiger partial charge in [-0.15, -0.1) is 0 Å². The maximum absolute atomic E-state index is 9.57. The van der Waals surface area contributed by atoms with Crippen LogP contribution >= 0.6 is 0 Å². The summed E-state index contributed by atoms with van der Waals surface area (Å²) in [7, 11) is 2.28. The van der Waals surface area contributed by atoms with Crippen molar-refractivity contribution < 1.29 is 5.11 Å². The van der Waals surface area contributed by atoms with E-state index in [1.807, 2.05) is 12.1 Å². The molecule has 2 heteroatoms. The first kappa shape index (κ1) is 13.0. The summed E-state index contributed by atoms with van der Waals surface area (Å²) < 4.78 is 0. The van der Waals surface area contributed by atoms with Gasteiger partial charge in [-0.05, 0) is 61.9 Å². The molecule has 2 aliphatic carbocycles. The first-order valence-corrected chi connectivity index (χ1v) is 7.76. The van der Waals surface area contributed by atoms with Gasteiger partial charge in [0.15, 0.2) is 0 Å². The SMILES string of the molecule is CN(CC1CCCCC1)C1CCc2cc(O)ccc21. The van der Waals surface area contributed by atoms with Gasteiger partial charge in [-0.2, -0.15) is 0 Å². The summed E-state index contributed by atoms with van der Waals surface area (Å²) in [5.74, 6) is 1.31. The molecule has 19 heavy (non-hydrogen) atoms. The standard InChI is InChI=1S/C17H25NO/c1-18(12-13-5-3-2-4-6-13)17-10-7-14-11-15(19)8-9-16(14)17/h8-9,11,13,17,19H,2-7,10,12H2,1H3. The summed E-state index contributed by atoms with van der Waals surface area (Å²) in [5.41, 5.74) is 2.79. The Morgan fingerprint density at radius 1 is 1.16 bits per heavy atom. The number of phenolic OH excluding ortho intramolecular Hbond substituents is 1. The van der Waals surface area contributed by atoms with Crippen molar-refractivity contribution in [1.82, 2.24) is 4.90 Å². The van der Waals surface area contributed by atoms with Crippen molar-refractivity contribution in [3.05, 3.63) is 29.3 Å². The number of phenols is 1. The van der Waals surface area contributed by atoms with Crippen molar-refractivity contribution in [1.29, 1.82) is 0 Å². The number of rotatable bonds is 3. The molecule has 1 fully saturated rings. The summed E-state index contributed by atoms with van der Waals surface area (Å²) in [6.07, 6.45) is 9.44. The molecule has 0 spiro atoms. The number of benzene rings is 1. The van der Waals surface area contributed by atoms with Crippen molar-refractivity contribution in [2.24, 2.45) is 5.92 Å². The van der Waals surface area contributed by atoms with Gasteiger partial charge in [0.2, 0.25) is 0 Å². The molecule has 0 radical (unpaired) electrons. The number of nitrogens with zero attached hydrogens (tertiary/aromatic N) is 1. The maximum atomic E-state index is 9.57. The fraction of sp³-hybridized carbons (Fsp3) is 0.647. The molecular formula is C17H25NO. The van der Waals surface area contributed by atoms with Gasteiger partial charge >= 0.3 is 0 Å². The summed E-state index contributed by atoms with van der Waals surface area (Å²) >= 11 is 0. The summed E-state index contributed by atoms with van der Waals surface area (Å²) in [6, 6.07) is 6.48. The lowest BCUT2D eigenvalue weighted by Crippen LogP contribution is -2.29. The molecule has 0 amide bonds. The average Bonchev–Trinajstić information content (AvgIpc) is 2.82. The Labute approximate surface area is 116 Å². The first-order valence-electron chi connectivity index (χ1n) is 7.76. The first-order chi connectivity index (χ1) is 9.24. The van der Waals surface area contributed by atoms with Crippen LogP contribution in [0.15, 0.2) is 18.2 Å². The molecule has 0 aromatic heterocycles. The molecule has 1 atom stereocenters. The monoisotopic (exact) mass is 259 g/mol. The van der Waals surface area contributed by atoms with E-state index in [0.717, 1.165) is 12.3 Å². The number of hydrogen-bond donors (Lipinski definition) is 1. The third kappa shape index (κ3) is 2.79. The summed E-state index contributed by atoms with van der Waals surface area (Å²) in [4.78, 5) is 2.55. The van der Waals surface area contributed by atoms with Crippen LogP contribution in [0.1, 0.15) is 55.7 Å². The van der Waals surface area contributed by atoms with Gasteiger partial charge in [0.25, 0.3) is 0 Å². The zero-order valence-corrected chi connectivity index (χ0v) is 11.9. The topological polar surface area (TPSA) is 23.5 Å². The zero-order valence-electron chi connectivity index (χ0n) is 11.9. The van der Waals surface area contributed by atoms with Crippen LogP contribution in [0.4, 0.5) is 0 Å². The van der Waals surface area contributed by atoms with E-state index in [4.69, 9.17) is 0 Å². The summed E-state index contributed by atoms with van der Waals surface area (Å²) in [5, 5.41) is 9.57. The van der Waals surface area contributed by atoms with E-state index in [1.54, 1.807) is 0 Å². The number of fused-ring (bicyclic) bond motifs is 1. The van der Waals surface area contributed by atoms with E-state index in [0.29, 0.717) is 11.8 Å². The lowest BCUT2D eigenvalue weighted by molar-refractivity contribution is 0.182. The molecular weight excluding hydrogens is 234 g/mol. The van der Waals surface area contributed by atoms with Crippen molar-refractivity contribution in [3.63, 3.8) is 0 Å². The highest BCUT2D eigenvalue weighted by atomic mass is 16.3. The Hall–Kier alpha value is -1.02. The number of hydrogen-bond acceptors (Lipinski definition) is 2. The normalized spacial score (nSPS) is 23.8. The molecule has 1 N–H and O–H groups in total. The predicted octanol–water partition coefficient (Wildman–Crippen LogP) is 3.89. The molecule has 3 rings (SSSR count). The van der Waals surface area contributed by atoms with Gasteiger partial charge in [0, 0.05) is 12.6 Å². The molecule has 1 unspecified atom stereocenters. The van der Waals surface area contributed by atoms with Crippen LogP contribution < -0.4 is 0 Å². The van der Waals surface area contributed by atoms with Crippen molar-refractivity contribution in [2.75, 3.05) is 13.6 Å². The Bertz CT molecular complexity index is 437. The second-order valence-corrected chi connectivity index (χ2v) is 6.38. The largest absolute Gasteiger partial charge is 0.508 e. The Morgan fingerprint density at radius 2 is 1.95 bits per heavy atom. The molecule has 0 bridgehead atoms. The average molecular weight is 259 g/mol. The maximum Gasteiger partial charge on any atom is 0.115 e. The minimum absolute atomic E-state index is 0.411. The molecule has 1 aromatic carbocycles. The predicted molar refractivity (Wildman–Crippen MR) is 78.4 cm³/mol. The molecule has 2 nitrogen and oxygen atoms in total. The fourth-order valence-electron chi connectivity index (χ4n) is 3.94. The highest BCUT2D eigenvalue weighted by molar-refractivity contribution is 5.40. The van der Waals surface area contributed by atoms with E-state index in [1.165, 1.54) is 56.2 Å². The van der Waals surface area contributed by atoms with Crippen LogP contribution in [0.5, 0.6) is 5.75 Å². The Morgan fingerprint density at radius 3 is 2.74 bits per heavy atom. The Balaban J connectivity index is 1.67. The molecule has 1 aromatic rings. The summed E-state index contributed by atoms with van der Waals surface area (Å²) in [6.45, 7) is 1.24. The van der Waals surface area contributed by atoms with Crippen LogP contribution in [0.3, 0.4) is 0 Å².